The van der Waals surface area contributed by atoms with E-state index < -0.39 is 0 Å². The number of nitrogens with one attached hydrogen (secondary N) is 1. The van der Waals surface area contributed by atoms with E-state index in [1.54, 1.807) is 12.1 Å². The molecule has 0 aliphatic carbocycles. The summed E-state index contributed by atoms with van der Waals surface area (Å²) in [5.41, 5.74) is 1.42. The molecule has 21 heavy (non-hydrogen) atoms. The first-order valence-electron chi connectivity index (χ1n) is 6.63. The first-order valence-corrected chi connectivity index (χ1v) is 7.80. The summed E-state index contributed by atoms with van der Waals surface area (Å²) in [6.45, 7) is 2.69. The van der Waals surface area contributed by atoms with E-state index in [9.17, 15) is 8.78 Å². The molecule has 0 fully saturated rings. The van der Waals surface area contributed by atoms with E-state index in [1.807, 2.05) is 6.92 Å². The van der Waals surface area contributed by atoms with Crippen LogP contribution < -0.4 is 5.32 Å². The second-order valence-electron chi connectivity index (χ2n) is 4.72. The van der Waals surface area contributed by atoms with Crippen LogP contribution in [0.4, 0.5) is 8.78 Å². The standard InChI is InChI=1S/C16H15BrClF2N/c1-2-21-16(13-5-4-12(19)9-14(13)17)8-10-7-11(18)3-6-15(10)20/h3-7,9,16,21H,2,8H2,1H3. The Morgan fingerprint density at radius 2 is 1.95 bits per heavy atom. The molecule has 0 saturated heterocycles. The van der Waals surface area contributed by atoms with E-state index in [4.69, 9.17) is 11.6 Å². The van der Waals surface area contributed by atoms with Crippen molar-refractivity contribution in [1.29, 1.82) is 0 Å². The fourth-order valence-corrected chi connectivity index (χ4v) is 3.06. The Labute approximate surface area is 136 Å². The molecule has 0 aliphatic rings. The van der Waals surface area contributed by atoms with Crippen LogP contribution in [0, 0.1) is 11.6 Å². The first-order chi connectivity index (χ1) is 10.0. The largest absolute Gasteiger partial charge is 0.310 e. The Morgan fingerprint density at radius 1 is 1.19 bits per heavy atom. The monoisotopic (exact) mass is 373 g/mol. The summed E-state index contributed by atoms with van der Waals surface area (Å²) in [6, 6.07) is 8.90. The molecule has 1 N–H and O–H groups in total. The van der Waals surface area contributed by atoms with Crippen LogP contribution >= 0.6 is 27.5 Å². The van der Waals surface area contributed by atoms with Gasteiger partial charge in [0.2, 0.25) is 0 Å². The number of hydrogen-bond donors (Lipinski definition) is 1. The maximum atomic E-state index is 13.9. The number of likely N-dealkylation sites (N-methyl/N-ethyl adjacent to an activating group) is 1. The summed E-state index contributed by atoms with van der Waals surface area (Å²) in [4.78, 5) is 0. The molecule has 1 atom stereocenters. The average Bonchev–Trinajstić information content (AvgIpc) is 2.42. The van der Waals surface area contributed by atoms with Crippen LogP contribution in [-0.2, 0) is 6.42 Å². The molecule has 0 spiro atoms. The minimum atomic E-state index is -0.310. The highest BCUT2D eigenvalue weighted by atomic mass is 79.9. The first kappa shape index (κ1) is 16.4. The lowest BCUT2D eigenvalue weighted by molar-refractivity contribution is 0.525. The smallest absolute Gasteiger partial charge is 0.126 e. The number of hydrogen-bond acceptors (Lipinski definition) is 1. The normalized spacial score (nSPS) is 12.4. The van der Waals surface area contributed by atoms with Crippen molar-refractivity contribution in [3.05, 3.63) is 68.7 Å². The molecule has 0 saturated carbocycles. The van der Waals surface area contributed by atoms with E-state index >= 15 is 0 Å². The second-order valence-corrected chi connectivity index (χ2v) is 6.01. The fourth-order valence-electron chi connectivity index (χ4n) is 2.24. The second kappa shape index (κ2) is 7.34. The van der Waals surface area contributed by atoms with Gasteiger partial charge in [-0.1, -0.05) is 40.5 Å². The van der Waals surface area contributed by atoms with Gasteiger partial charge in [-0.25, -0.2) is 8.78 Å². The summed E-state index contributed by atoms with van der Waals surface area (Å²) in [5, 5.41) is 3.79. The van der Waals surface area contributed by atoms with Crippen molar-refractivity contribution in [2.24, 2.45) is 0 Å². The summed E-state index contributed by atoms with van der Waals surface area (Å²) < 4.78 is 27.8. The molecular formula is C16H15BrClF2N. The van der Waals surface area contributed by atoms with Gasteiger partial charge >= 0.3 is 0 Å². The Kier molecular flexibility index (Phi) is 5.73. The molecule has 2 aromatic rings. The zero-order valence-electron chi connectivity index (χ0n) is 11.5. The van der Waals surface area contributed by atoms with Crippen LogP contribution in [0.2, 0.25) is 5.02 Å². The van der Waals surface area contributed by atoms with Gasteiger partial charge in [-0.15, -0.1) is 0 Å². The van der Waals surface area contributed by atoms with Gasteiger partial charge in [0, 0.05) is 15.5 Å². The van der Waals surface area contributed by atoms with Crippen LogP contribution in [0.1, 0.15) is 24.1 Å². The maximum absolute atomic E-state index is 13.9. The predicted molar refractivity (Wildman–Crippen MR) is 85.6 cm³/mol. The molecular weight excluding hydrogens is 360 g/mol. The van der Waals surface area contributed by atoms with Crippen LogP contribution in [0.5, 0.6) is 0 Å². The molecule has 0 amide bonds. The van der Waals surface area contributed by atoms with E-state index in [0.717, 1.165) is 12.1 Å². The zero-order valence-corrected chi connectivity index (χ0v) is 13.8. The van der Waals surface area contributed by atoms with Gasteiger partial charge in [0.05, 0.1) is 0 Å². The van der Waals surface area contributed by atoms with E-state index in [0.29, 0.717) is 21.5 Å². The lowest BCUT2D eigenvalue weighted by atomic mass is 9.98. The van der Waals surface area contributed by atoms with Crippen molar-refractivity contribution in [2.45, 2.75) is 19.4 Å². The van der Waals surface area contributed by atoms with E-state index in [2.05, 4.69) is 21.2 Å². The topological polar surface area (TPSA) is 12.0 Å². The molecule has 2 aromatic carbocycles. The van der Waals surface area contributed by atoms with Crippen molar-refractivity contribution >= 4 is 27.5 Å². The Hall–Kier alpha value is -0.970. The highest BCUT2D eigenvalue weighted by Crippen LogP contribution is 2.28. The van der Waals surface area contributed by atoms with Gasteiger partial charge in [-0.2, -0.15) is 0 Å². The lowest BCUT2D eigenvalue weighted by Gasteiger charge is -2.20. The summed E-state index contributed by atoms with van der Waals surface area (Å²) in [7, 11) is 0. The fraction of sp³-hybridized carbons (Fsp3) is 0.250. The van der Waals surface area contributed by atoms with Gasteiger partial charge in [-0.3, -0.25) is 0 Å². The molecule has 0 bridgehead atoms. The van der Waals surface area contributed by atoms with E-state index in [1.165, 1.54) is 24.3 Å². The molecule has 112 valence electrons. The van der Waals surface area contributed by atoms with Gasteiger partial charge in [-0.05, 0) is 54.4 Å². The van der Waals surface area contributed by atoms with Crippen molar-refractivity contribution in [3.63, 3.8) is 0 Å². The minimum Gasteiger partial charge on any atom is -0.310 e. The third-order valence-corrected chi connectivity index (χ3v) is 4.14. The van der Waals surface area contributed by atoms with E-state index in [-0.39, 0.29) is 17.7 Å². The van der Waals surface area contributed by atoms with Gasteiger partial charge in [0.25, 0.3) is 0 Å². The minimum absolute atomic E-state index is 0.127. The Morgan fingerprint density at radius 3 is 2.62 bits per heavy atom. The van der Waals surface area contributed by atoms with Gasteiger partial charge in [0.1, 0.15) is 11.6 Å². The van der Waals surface area contributed by atoms with Crippen LogP contribution in [0.3, 0.4) is 0 Å². The Balaban J connectivity index is 2.32. The zero-order chi connectivity index (χ0) is 15.4. The highest BCUT2D eigenvalue weighted by molar-refractivity contribution is 9.10. The quantitative estimate of drug-likeness (QED) is 0.751. The van der Waals surface area contributed by atoms with Gasteiger partial charge < -0.3 is 5.32 Å². The maximum Gasteiger partial charge on any atom is 0.126 e. The van der Waals surface area contributed by atoms with Crippen LogP contribution in [0.25, 0.3) is 0 Å². The molecule has 1 nitrogen and oxygen atoms in total. The molecule has 0 radical (unpaired) electrons. The molecule has 0 heterocycles. The van der Waals surface area contributed by atoms with Gasteiger partial charge in [0.15, 0.2) is 0 Å². The van der Waals surface area contributed by atoms with Crippen LogP contribution in [0.15, 0.2) is 40.9 Å². The molecule has 0 aliphatic heterocycles. The predicted octanol–water partition coefficient (Wildman–Crippen LogP) is 5.27. The lowest BCUT2D eigenvalue weighted by Crippen LogP contribution is -2.23. The van der Waals surface area contributed by atoms with Crippen molar-refractivity contribution in [3.8, 4) is 0 Å². The SMILES string of the molecule is CCNC(Cc1cc(Cl)ccc1F)c1ccc(F)cc1Br. The third kappa shape index (κ3) is 4.25. The molecule has 2 rings (SSSR count). The van der Waals surface area contributed by atoms with Crippen molar-refractivity contribution < 1.29 is 8.78 Å². The number of benzene rings is 2. The molecule has 5 heteroatoms. The highest BCUT2D eigenvalue weighted by Gasteiger charge is 2.17. The van der Waals surface area contributed by atoms with Crippen LogP contribution in [-0.4, -0.2) is 6.54 Å². The summed E-state index contributed by atoms with van der Waals surface area (Å²) in [5.74, 6) is -0.602. The van der Waals surface area contributed by atoms with Crippen molar-refractivity contribution in [2.75, 3.05) is 6.54 Å². The summed E-state index contributed by atoms with van der Waals surface area (Å²) in [6.07, 6.45) is 0.435. The molecule has 0 aromatic heterocycles. The van der Waals surface area contributed by atoms with Crippen molar-refractivity contribution in [1.82, 2.24) is 5.32 Å². The average molecular weight is 375 g/mol. The Bertz CT molecular complexity index is 634. The molecule has 1 unspecified atom stereocenters. The third-order valence-electron chi connectivity index (χ3n) is 3.22. The summed E-state index contributed by atoms with van der Waals surface area (Å²) >= 11 is 9.29. The number of halogens is 4. The number of rotatable bonds is 5.